The van der Waals surface area contributed by atoms with Crippen LogP contribution in [0.5, 0.6) is 0 Å². The molecule has 0 bridgehead atoms. The quantitative estimate of drug-likeness (QED) is 0.477. The number of carbonyl (C=O) groups is 1. The lowest BCUT2D eigenvalue weighted by molar-refractivity contribution is -0.139. The van der Waals surface area contributed by atoms with Crippen molar-refractivity contribution in [2.45, 2.75) is 6.61 Å². The molecule has 124 valence electrons. The zero-order valence-corrected chi connectivity index (χ0v) is 14.1. The van der Waals surface area contributed by atoms with E-state index in [4.69, 9.17) is 10.00 Å². The highest BCUT2D eigenvalue weighted by Gasteiger charge is 2.12. The Morgan fingerprint density at radius 1 is 1.12 bits per heavy atom. The molecular formula is C20H17N3O2. The average Bonchev–Trinajstić information content (AvgIpc) is 2.64. The van der Waals surface area contributed by atoms with Crippen LogP contribution < -0.4 is 4.90 Å². The molecule has 0 N–H and O–H groups in total. The number of nitriles is 2. The Bertz CT molecular complexity index is 869. The van der Waals surface area contributed by atoms with Gasteiger partial charge in [-0.15, -0.1) is 0 Å². The molecule has 0 aliphatic heterocycles. The Kier molecular flexibility index (Phi) is 5.92. The van der Waals surface area contributed by atoms with Gasteiger partial charge in [-0.3, -0.25) is 0 Å². The monoisotopic (exact) mass is 331 g/mol. The third kappa shape index (κ3) is 4.70. The van der Waals surface area contributed by atoms with Gasteiger partial charge < -0.3 is 9.64 Å². The van der Waals surface area contributed by atoms with Gasteiger partial charge >= 0.3 is 5.97 Å². The molecule has 0 spiro atoms. The van der Waals surface area contributed by atoms with Crippen LogP contribution in [-0.4, -0.2) is 20.1 Å². The third-order valence-corrected chi connectivity index (χ3v) is 3.56. The number of esters is 1. The summed E-state index contributed by atoms with van der Waals surface area (Å²) >= 11 is 0. The number of benzene rings is 2. The second-order valence-electron chi connectivity index (χ2n) is 5.50. The van der Waals surface area contributed by atoms with Crippen molar-refractivity contribution in [3.8, 4) is 12.1 Å². The number of anilines is 1. The number of hydrogen-bond acceptors (Lipinski definition) is 5. The Morgan fingerprint density at radius 3 is 2.40 bits per heavy atom. The normalized spacial score (nSPS) is 10.5. The topological polar surface area (TPSA) is 77.1 Å². The molecule has 0 aromatic heterocycles. The van der Waals surface area contributed by atoms with Gasteiger partial charge in [-0.2, -0.15) is 10.5 Å². The minimum Gasteiger partial charge on any atom is -0.457 e. The molecular weight excluding hydrogens is 314 g/mol. The molecule has 0 amide bonds. The lowest BCUT2D eigenvalue weighted by atomic mass is 10.1. The first-order chi connectivity index (χ1) is 12.0. The van der Waals surface area contributed by atoms with E-state index >= 15 is 0 Å². The molecule has 2 rings (SSSR count). The van der Waals surface area contributed by atoms with Crippen LogP contribution in [0.4, 0.5) is 5.69 Å². The van der Waals surface area contributed by atoms with Crippen LogP contribution in [0.2, 0.25) is 0 Å². The molecule has 0 aliphatic carbocycles. The molecule has 0 saturated heterocycles. The minimum atomic E-state index is -0.716. The second kappa shape index (κ2) is 8.33. The lowest BCUT2D eigenvalue weighted by Gasteiger charge is -2.11. The predicted molar refractivity (Wildman–Crippen MR) is 95.3 cm³/mol. The van der Waals surface area contributed by atoms with Crippen LogP contribution in [-0.2, 0) is 16.1 Å². The van der Waals surface area contributed by atoms with E-state index in [1.54, 1.807) is 24.3 Å². The van der Waals surface area contributed by atoms with Crippen LogP contribution in [0.25, 0.3) is 6.08 Å². The van der Waals surface area contributed by atoms with E-state index < -0.39 is 5.97 Å². The first-order valence-corrected chi connectivity index (χ1v) is 7.59. The van der Waals surface area contributed by atoms with Crippen molar-refractivity contribution >= 4 is 17.7 Å². The molecule has 0 heterocycles. The molecule has 0 aliphatic rings. The van der Waals surface area contributed by atoms with Gasteiger partial charge in [0.1, 0.15) is 18.2 Å². The summed E-state index contributed by atoms with van der Waals surface area (Å²) in [4.78, 5) is 14.1. The summed E-state index contributed by atoms with van der Waals surface area (Å²) in [6.07, 6.45) is 1.48. The van der Waals surface area contributed by atoms with Crippen molar-refractivity contribution in [1.82, 2.24) is 0 Å². The smallest absolute Gasteiger partial charge is 0.349 e. The maximum Gasteiger partial charge on any atom is 0.349 e. The standard InChI is InChI=1S/C20H17N3O2/c1-23(2)19-9-7-15(8-10-19)11-18(13-22)20(24)25-14-17-6-4-3-5-16(17)12-21/h3-11H,14H2,1-2H3/b18-11+. The van der Waals surface area contributed by atoms with Crippen LogP contribution in [0.15, 0.2) is 54.1 Å². The second-order valence-corrected chi connectivity index (χ2v) is 5.50. The summed E-state index contributed by atoms with van der Waals surface area (Å²) < 4.78 is 5.17. The molecule has 5 heteroatoms. The highest BCUT2D eigenvalue weighted by Crippen LogP contribution is 2.16. The average molecular weight is 331 g/mol. The Hall–Kier alpha value is -3.57. The van der Waals surface area contributed by atoms with E-state index in [9.17, 15) is 10.1 Å². The first kappa shape index (κ1) is 17.8. The van der Waals surface area contributed by atoms with Gasteiger partial charge in [0.25, 0.3) is 0 Å². The van der Waals surface area contributed by atoms with Crippen LogP contribution in [0.1, 0.15) is 16.7 Å². The highest BCUT2D eigenvalue weighted by molar-refractivity contribution is 5.97. The van der Waals surface area contributed by atoms with Crippen molar-refractivity contribution in [1.29, 1.82) is 10.5 Å². The van der Waals surface area contributed by atoms with E-state index in [0.717, 1.165) is 11.3 Å². The van der Waals surface area contributed by atoms with Crippen molar-refractivity contribution in [3.05, 3.63) is 70.8 Å². The summed E-state index contributed by atoms with van der Waals surface area (Å²) in [6.45, 7) is -0.0544. The van der Waals surface area contributed by atoms with Crippen molar-refractivity contribution < 1.29 is 9.53 Å². The molecule has 2 aromatic carbocycles. The fraction of sp³-hybridized carbons (Fsp3) is 0.150. The summed E-state index contributed by atoms with van der Waals surface area (Å²) in [5.41, 5.74) is 2.71. The summed E-state index contributed by atoms with van der Waals surface area (Å²) in [5.74, 6) is -0.716. The summed E-state index contributed by atoms with van der Waals surface area (Å²) in [7, 11) is 3.87. The number of hydrogen-bond donors (Lipinski definition) is 0. The van der Waals surface area contributed by atoms with Gasteiger partial charge in [0, 0.05) is 25.3 Å². The summed E-state index contributed by atoms with van der Waals surface area (Å²) in [5, 5.41) is 18.3. The lowest BCUT2D eigenvalue weighted by Crippen LogP contribution is -2.08. The largest absolute Gasteiger partial charge is 0.457 e. The van der Waals surface area contributed by atoms with Gasteiger partial charge in [0.05, 0.1) is 11.6 Å². The zero-order chi connectivity index (χ0) is 18.2. The van der Waals surface area contributed by atoms with Gasteiger partial charge in [0.2, 0.25) is 0 Å². The molecule has 2 aromatic rings. The molecule has 0 saturated carbocycles. The SMILES string of the molecule is CN(C)c1ccc(/C=C(\C#N)C(=O)OCc2ccccc2C#N)cc1. The Morgan fingerprint density at radius 2 is 1.80 bits per heavy atom. The van der Waals surface area contributed by atoms with Crippen molar-refractivity contribution in [2.24, 2.45) is 0 Å². The van der Waals surface area contributed by atoms with Gasteiger partial charge in [-0.1, -0.05) is 30.3 Å². The third-order valence-electron chi connectivity index (χ3n) is 3.56. The van der Waals surface area contributed by atoms with Crippen molar-refractivity contribution in [3.63, 3.8) is 0 Å². The summed E-state index contributed by atoms with van der Waals surface area (Å²) in [6, 6.07) is 18.2. The number of rotatable bonds is 5. The van der Waals surface area contributed by atoms with Crippen LogP contribution >= 0.6 is 0 Å². The molecule has 0 radical (unpaired) electrons. The number of ether oxygens (including phenoxy) is 1. The van der Waals surface area contributed by atoms with E-state index in [0.29, 0.717) is 11.1 Å². The molecule has 0 unspecified atom stereocenters. The maximum atomic E-state index is 12.1. The maximum absolute atomic E-state index is 12.1. The van der Waals surface area contributed by atoms with Crippen molar-refractivity contribution in [2.75, 3.05) is 19.0 Å². The molecule has 25 heavy (non-hydrogen) atoms. The minimum absolute atomic E-state index is 0.0544. The van der Waals surface area contributed by atoms with Crippen LogP contribution in [0.3, 0.4) is 0 Å². The molecule has 5 nitrogen and oxygen atoms in total. The van der Waals surface area contributed by atoms with Crippen LogP contribution in [0, 0.1) is 22.7 Å². The van der Waals surface area contributed by atoms with E-state index in [-0.39, 0.29) is 12.2 Å². The Balaban J connectivity index is 2.10. The van der Waals surface area contributed by atoms with Gasteiger partial charge in [-0.05, 0) is 29.8 Å². The van der Waals surface area contributed by atoms with Gasteiger partial charge in [0.15, 0.2) is 0 Å². The zero-order valence-electron chi connectivity index (χ0n) is 14.1. The van der Waals surface area contributed by atoms with E-state index in [1.807, 2.05) is 55.4 Å². The number of carbonyl (C=O) groups excluding carboxylic acids is 1. The highest BCUT2D eigenvalue weighted by atomic mass is 16.5. The van der Waals surface area contributed by atoms with Gasteiger partial charge in [-0.25, -0.2) is 4.79 Å². The molecule has 0 atom stereocenters. The predicted octanol–water partition coefficient (Wildman–Crippen LogP) is 3.27. The van der Waals surface area contributed by atoms with E-state index in [2.05, 4.69) is 0 Å². The molecule has 0 fully saturated rings. The number of nitrogens with zero attached hydrogens (tertiary/aromatic N) is 3. The van der Waals surface area contributed by atoms with E-state index in [1.165, 1.54) is 6.08 Å². The first-order valence-electron chi connectivity index (χ1n) is 7.59. The fourth-order valence-electron chi connectivity index (χ4n) is 2.15. The Labute approximate surface area is 147 Å². The fourth-order valence-corrected chi connectivity index (χ4v) is 2.15.